The molecule has 0 aromatic carbocycles. The highest BCUT2D eigenvalue weighted by Crippen LogP contribution is 2.45. The van der Waals surface area contributed by atoms with Crippen LogP contribution in [0.5, 0.6) is 0 Å². The van der Waals surface area contributed by atoms with Crippen LogP contribution in [0, 0.1) is 5.92 Å². The van der Waals surface area contributed by atoms with Gasteiger partial charge >= 0.3 is 0 Å². The van der Waals surface area contributed by atoms with Gasteiger partial charge in [-0.1, -0.05) is 38.0 Å². The molecule has 1 N–H and O–H groups in total. The molecular formula is C14H24OS. The zero-order valence-corrected chi connectivity index (χ0v) is 11.6. The highest BCUT2D eigenvalue weighted by molar-refractivity contribution is 8.03. The minimum absolute atomic E-state index is 0.276. The predicted octanol–water partition coefficient (Wildman–Crippen LogP) is 4.14. The Kier molecular flexibility index (Phi) is 5.13. The van der Waals surface area contributed by atoms with Gasteiger partial charge in [0.25, 0.3) is 0 Å². The first kappa shape index (κ1) is 13.9. The van der Waals surface area contributed by atoms with Gasteiger partial charge in [0.15, 0.2) is 0 Å². The third-order valence-electron chi connectivity index (χ3n) is 3.68. The van der Waals surface area contributed by atoms with E-state index < -0.39 is 5.60 Å². The molecule has 0 aromatic heterocycles. The largest absolute Gasteiger partial charge is 0.384 e. The number of thioether (sulfide) groups is 1. The quantitative estimate of drug-likeness (QED) is 0.745. The third-order valence-corrected chi connectivity index (χ3v) is 4.67. The fraction of sp³-hybridized carbons (Fsp3) is 0.714. The first-order chi connectivity index (χ1) is 7.56. The van der Waals surface area contributed by atoms with Crippen LogP contribution in [-0.2, 0) is 0 Å². The lowest BCUT2D eigenvalue weighted by molar-refractivity contribution is 0.00778. The Morgan fingerprint density at radius 1 is 1.56 bits per heavy atom. The van der Waals surface area contributed by atoms with Gasteiger partial charge in [-0.3, -0.25) is 0 Å². The summed E-state index contributed by atoms with van der Waals surface area (Å²) in [4.78, 5) is 0.959. The van der Waals surface area contributed by atoms with Gasteiger partial charge in [-0.2, -0.15) is 0 Å². The molecule has 2 atom stereocenters. The van der Waals surface area contributed by atoms with Crippen LogP contribution in [0.4, 0.5) is 0 Å². The summed E-state index contributed by atoms with van der Waals surface area (Å²) in [5.74, 6) is 1.26. The van der Waals surface area contributed by atoms with Crippen LogP contribution in [0.25, 0.3) is 0 Å². The van der Waals surface area contributed by atoms with Crippen molar-refractivity contribution in [1.29, 1.82) is 0 Å². The Morgan fingerprint density at radius 2 is 2.25 bits per heavy atom. The lowest BCUT2D eigenvalue weighted by Crippen LogP contribution is -2.42. The van der Waals surface area contributed by atoms with Crippen LogP contribution < -0.4 is 0 Å². The maximum atomic E-state index is 10.9. The van der Waals surface area contributed by atoms with E-state index in [1.54, 1.807) is 11.8 Å². The maximum absolute atomic E-state index is 10.9. The number of hydrogen-bond acceptors (Lipinski definition) is 2. The molecule has 0 spiro atoms. The molecule has 92 valence electrons. The van der Waals surface area contributed by atoms with Crippen molar-refractivity contribution in [2.75, 3.05) is 5.75 Å². The molecule has 1 aliphatic rings. The third kappa shape index (κ3) is 2.72. The number of aliphatic hydroxyl groups is 1. The highest BCUT2D eigenvalue weighted by atomic mass is 32.2. The molecule has 0 aromatic rings. The van der Waals surface area contributed by atoms with E-state index >= 15 is 0 Å². The van der Waals surface area contributed by atoms with Crippen LogP contribution in [0.15, 0.2) is 23.1 Å². The molecule has 0 saturated heterocycles. The molecule has 1 fully saturated rings. The lowest BCUT2D eigenvalue weighted by atomic mass is 9.72. The number of rotatable bonds is 4. The Hall–Kier alpha value is -0.210. The Balaban J connectivity index is 2.91. The van der Waals surface area contributed by atoms with E-state index in [0.29, 0.717) is 0 Å². The maximum Gasteiger partial charge on any atom is 0.101 e. The second kappa shape index (κ2) is 5.92. The molecule has 0 amide bonds. The molecule has 16 heavy (non-hydrogen) atoms. The van der Waals surface area contributed by atoms with Gasteiger partial charge in [-0.25, -0.2) is 0 Å². The number of allylic oxidation sites excluding steroid dienone is 1. The predicted molar refractivity (Wildman–Crippen MR) is 73.6 cm³/mol. The van der Waals surface area contributed by atoms with E-state index in [2.05, 4.69) is 33.4 Å². The Bertz CT molecular complexity index is 282. The summed E-state index contributed by atoms with van der Waals surface area (Å²) in [6, 6.07) is 0. The monoisotopic (exact) mass is 240 g/mol. The first-order valence-corrected chi connectivity index (χ1v) is 7.22. The smallest absolute Gasteiger partial charge is 0.101 e. The molecule has 1 saturated carbocycles. The fourth-order valence-corrected chi connectivity index (χ4v) is 3.44. The molecule has 0 heterocycles. The van der Waals surface area contributed by atoms with Gasteiger partial charge in [0.05, 0.1) is 0 Å². The Morgan fingerprint density at radius 3 is 2.81 bits per heavy atom. The van der Waals surface area contributed by atoms with E-state index in [1.165, 1.54) is 12.0 Å². The molecule has 1 nitrogen and oxygen atoms in total. The van der Waals surface area contributed by atoms with Gasteiger partial charge in [0, 0.05) is 10.8 Å². The molecule has 0 radical (unpaired) electrons. The average Bonchev–Trinajstić information content (AvgIpc) is 2.29. The zero-order chi connectivity index (χ0) is 12.2. The SMILES string of the molecule is C=C(SCC)[C@@]1(O)CCCC[C@@H]1/C(C)=C/C. The fourth-order valence-electron chi connectivity index (χ4n) is 2.59. The van der Waals surface area contributed by atoms with Crippen LogP contribution in [0.2, 0.25) is 0 Å². The molecule has 1 aliphatic carbocycles. The zero-order valence-electron chi connectivity index (χ0n) is 10.8. The molecule has 0 unspecified atom stereocenters. The summed E-state index contributed by atoms with van der Waals surface area (Å²) < 4.78 is 0. The van der Waals surface area contributed by atoms with Crippen LogP contribution in [0.3, 0.4) is 0 Å². The lowest BCUT2D eigenvalue weighted by Gasteiger charge is -2.41. The van der Waals surface area contributed by atoms with E-state index in [9.17, 15) is 5.11 Å². The first-order valence-electron chi connectivity index (χ1n) is 6.23. The summed E-state index contributed by atoms with van der Waals surface area (Å²) in [5.41, 5.74) is 0.634. The van der Waals surface area contributed by atoms with Crippen molar-refractivity contribution >= 4 is 11.8 Å². The second-order valence-corrected chi connectivity index (χ2v) is 5.97. The molecule has 0 bridgehead atoms. The summed E-state index contributed by atoms with van der Waals surface area (Å²) in [5, 5.41) is 10.9. The van der Waals surface area contributed by atoms with Crippen molar-refractivity contribution in [3.8, 4) is 0 Å². The molecular weight excluding hydrogens is 216 g/mol. The van der Waals surface area contributed by atoms with Gasteiger partial charge < -0.3 is 5.11 Å². The van der Waals surface area contributed by atoms with Gasteiger partial charge in [-0.15, -0.1) is 11.8 Å². The normalized spacial score (nSPS) is 31.5. The second-order valence-electron chi connectivity index (χ2n) is 4.61. The van der Waals surface area contributed by atoms with Crippen molar-refractivity contribution in [1.82, 2.24) is 0 Å². The van der Waals surface area contributed by atoms with E-state index in [0.717, 1.165) is 29.9 Å². The Labute approximate surface area is 104 Å². The van der Waals surface area contributed by atoms with Crippen LogP contribution in [-0.4, -0.2) is 16.5 Å². The van der Waals surface area contributed by atoms with Crippen LogP contribution in [0.1, 0.15) is 46.5 Å². The summed E-state index contributed by atoms with van der Waals surface area (Å²) in [7, 11) is 0. The topological polar surface area (TPSA) is 20.2 Å². The molecule has 2 heteroatoms. The van der Waals surface area contributed by atoms with Crippen molar-refractivity contribution in [3.63, 3.8) is 0 Å². The minimum atomic E-state index is -0.671. The van der Waals surface area contributed by atoms with Gasteiger partial charge in [0.1, 0.15) is 5.60 Å². The van der Waals surface area contributed by atoms with E-state index in [-0.39, 0.29) is 5.92 Å². The highest BCUT2D eigenvalue weighted by Gasteiger charge is 2.41. The minimum Gasteiger partial charge on any atom is -0.384 e. The van der Waals surface area contributed by atoms with Crippen molar-refractivity contribution in [3.05, 3.63) is 23.1 Å². The molecule has 0 aliphatic heterocycles. The summed E-state index contributed by atoms with van der Waals surface area (Å²) in [6.45, 7) is 10.4. The van der Waals surface area contributed by atoms with Gasteiger partial charge in [-0.05, 0) is 32.4 Å². The van der Waals surface area contributed by atoms with Crippen molar-refractivity contribution < 1.29 is 5.11 Å². The summed E-state index contributed by atoms with van der Waals surface area (Å²) in [6.07, 6.45) is 6.44. The standard InChI is InChI=1S/C14H24OS/c1-5-11(3)13-9-7-8-10-14(13,15)12(4)16-6-2/h5,13,15H,4,6-10H2,1-3H3/b11-5+/t13-,14+/m1/s1. The van der Waals surface area contributed by atoms with Crippen LogP contribution >= 0.6 is 11.8 Å². The van der Waals surface area contributed by atoms with Gasteiger partial charge in [0.2, 0.25) is 0 Å². The van der Waals surface area contributed by atoms with E-state index in [1.807, 2.05) is 0 Å². The summed E-state index contributed by atoms with van der Waals surface area (Å²) >= 11 is 1.70. The molecule has 1 rings (SSSR count). The van der Waals surface area contributed by atoms with Crippen molar-refractivity contribution in [2.45, 2.75) is 52.1 Å². The van der Waals surface area contributed by atoms with Crippen molar-refractivity contribution in [2.24, 2.45) is 5.92 Å². The van der Waals surface area contributed by atoms with E-state index in [4.69, 9.17) is 0 Å². The number of hydrogen-bond donors (Lipinski definition) is 1. The average molecular weight is 240 g/mol.